The second-order valence-electron chi connectivity index (χ2n) is 4.70. The summed E-state index contributed by atoms with van der Waals surface area (Å²) in [4.78, 5) is 12.9. The standard InChI is InChI=1S/C14H19NO2/c16-14(17)7-6-12-8-10-15(11-9-12)13-4-2-1-3-5-13/h1-5,12H,6-11H2,(H,16,17). The lowest BCUT2D eigenvalue weighted by Gasteiger charge is -2.33. The van der Waals surface area contributed by atoms with E-state index in [0.29, 0.717) is 12.3 Å². The van der Waals surface area contributed by atoms with Gasteiger partial charge >= 0.3 is 5.97 Å². The quantitative estimate of drug-likeness (QED) is 0.869. The highest BCUT2D eigenvalue weighted by Crippen LogP contribution is 2.25. The molecular weight excluding hydrogens is 214 g/mol. The molecule has 1 saturated heterocycles. The van der Waals surface area contributed by atoms with Crippen LogP contribution in [0.25, 0.3) is 0 Å². The third-order valence-corrected chi connectivity index (χ3v) is 3.50. The molecule has 1 heterocycles. The molecule has 0 aliphatic carbocycles. The van der Waals surface area contributed by atoms with Crippen molar-refractivity contribution >= 4 is 11.7 Å². The Balaban J connectivity index is 1.80. The van der Waals surface area contributed by atoms with E-state index < -0.39 is 5.97 Å². The molecule has 17 heavy (non-hydrogen) atoms. The van der Waals surface area contributed by atoms with Gasteiger partial charge in [-0.25, -0.2) is 0 Å². The average Bonchev–Trinajstić information content (AvgIpc) is 2.38. The molecule has 0 unspecified atom stereocenters. The van der Waals surface area contributed by atoms with E-state index in [4.69, 9.17) is 5.11 Å². The predicted octanol–water partition coefficient (Wildman–Crippen LogP) is 2.77. The van der Waals surface area contributed by atoms with Crippen molar-refractivity contribution in [2.75, 3.05) is 18.0 Å². The number of nitrogens with zero attached hydrogens (tertiary/aromatic N) is 1. The van der Waals surface area contributed by atoms with Crippen LogP contribution in [0.5, 0.6) is 0 Å². The summed E-state index contributed by atoms with van der Waals surface area (Å²) in [6.07, 6.45) is 3.37. The normalized spacial score (nSPS) is 17.1. The van der Waals surface area contributed by atoms with Crippen molar-refractivity contribution in [3.8, 4) is 0 Å². The van der Waals surface area contributed by atoms with Gasteiger partial charge in [0.1, 0.15) is 0 Å². The summed E-state index contributed by atoms with van der Waals surface area (Å²) in [5.74, 6) is -0.0819. The molecule has 1 aromatic carbocycles. The predicted molar refractivity (Wildman–Crippen MR) is 68.2 cm³/mol. The minimum atomic E-state index is -0.671. The van der Waals surface area contributed by atoms with Crippen molar-refractivity contribution < 1.29 is 9.90 Å². The molecule has 0 amide bonds. The largest absolute Gasteiger partial charge is 0.481 e. The number of rotatable bonds is 4. The van der Waals surface area contributed by atoms with E-state index in [9.17, 15) is 4.79 Å². The van der Waals surface area contributed by atoms with Crippen molar-refractivity contribution in [3.63, 3.8) is 0 Å². The first kappa shape index (κ1) is 12.0. The SMILES string of the molecule is O=C(O)CCC1CCN(c2ccccc2)CC1. The van der Waals surface area contributed by atoms with Crippen LogP contribution >= 0.6 is 0 Å². The Morgan fingerprint density at radius 3 is 2.47 bits per heavy atom. The van der Waals surface area contributed by atoms with Gasteiger partial charge in [0.05, 0.1) is 0 Å². The molecule has 2 rings (SSSR count). The summed E-state index contributed by atoms with van der Waals surface area (Å²) in [7, 11) is 0. The number of aliphatic carboxylic acids is 1. The second-order valence-corrected chi connectivity index (χ2v) is 4.70. The van der Waals surface area contributed by atoms with Gasteiger partial charge in [0.25, 0.3) is 0 Å². The van der Waals surface area contributed by atoms with Crippen LogP contribution in [-0.2, 0) is 4.79 Å². The van der Waals surface area contributed by atoms with Crippen LogP contribution in [0, 0.1) is 5.92 Å². The molecule has 0 aromatic heterocycles. The van der Waals surface area contributed by atoms with Crippen LogP contribution in [0.15, 0.2) is 30.3 Å². The van der Waals surface area contributed by atoms with Gasteiger partial charge in [0.2, 0.25) is 0 Å². The fourth-order valence-corrected chi connectivity index (χ4v) is 2.45. The Morgan fingerprint density at radius 2 is 1.88 bits per heavy atom. The minimum absolute atomic E-state index is 0.315. The highest BCUT2D eigenvalue weighted by atomic mass is 16.4. The molecule has 0 spiro atoms. The minimum Gasteiger partial charge on any atom is -0.481 e. The number of piperidine rings is 1. The topological polar surface area (TPSA) is 40.5 Å². The van der Waals surface area contributed by atoms with Crippen LogP contribution < -0.4 is 4.90 Å². The fraction of sp³-hybridized carbons (Fsp3) is 0.500. The summed E-state index contributed by atoms with van der Waals surface area (Å²) in [6.45, 7) is 2.10. The van der Waals surface area contributed by atoms with Crippen molar-refractivity contribution in [1.29, 1.82) is 0 Å². The molecule has 0 radical (unpaired) electrons. The van der Waals surface area contributed by atoms with E-state index in [1.54, 1.807) is 0 Å². The number of carboxylic acids is 1. The number of hydrogen-bond donors (Lipinski definition) is 1. The van der Waals surface area contributed by atoms with Gasteiger partial charge in [-0.1, -0.05) is 18.2 Å². The highest BCUT2D eigenvalue weighted by molar-refractivity contribution is 5.66. The maximum atomic E-state index is 10.5. The monoisotopic (exact) mass is 233 g/mol. The van der Waals surface area contributed by atoms with Crippen molar-refractivity contribution in [3.05, 3.63) is 30.3 Å². The maximum absolute atomic E-state index is 10.5. The number of hydrogen-bond acceptors (Lipinski definition) is 2. The second kappa shape index (κ2) is 5.71. The van der Waals surface area contributed by atoms with Gasteiger partial charge in [-0.15, -0.1) is 0 Å². The Labute approximate surface area is 102 Å². The number of carboxylic acid groups (broad SMARTS) is 1. The summed E-state index contributed by atoms with van der Waals surface area (Å²) in [5.41, 5.74) is 1.28. The lowest BCUT2D eigenvalue weighted by atomic mass is 9.92. The first-order valence-corrected chi connectivity index (χ1v) is 6.27. The van der Waals surface area contributed by atoms with E-state index in [-0.39, 0.29) is 0 Å². The van der Waals surface area contributed by atoms with Crippen molar-refractivity contribution in [2.45, 2.75) is 25.7 Å². The van der Waals surface area contributed by atoms with Gasteiger partial charge in [-0.2, -0.15) is 0 Å². The Bertz CT molecular complexity index is 356. The third-order valence-electron chi connectivity index (χ3n) is 3.50. The molecule has 92 valence electrons. The third kappa shape index (κ3) is 3.48. The molecule has 1 aliphatic heterocycles. The summed E-state index contributed by atoms with van der Waals surface area (Å²) in [6, 6.07) is 10.4. The molecule has 0 atom stereocenters. The number of para-hydroxylation sites is 1. The van der Waals surface area contributed by atoms with E-state index in [2.05, 4.69) is 29.2 Å². The summed E-state index contributed by atoms with van der Waals surface area (Å²) >= 11 is 0. The Hall–Kier alpha value is -1.51. The molecular formula is C14H19NO2. The highest BCUT2D eigenvalue weighted by Gasteiger charge is 2.19. The Morgan fingerprint density at radius 1 is 1.24 bits per heavy atom. The van der Waals surface area contributed by atoms with E-state index >= 15 is 0 Å². The van der Waals surface area contributed by atoms with Gasteiger partial charge < -0.3 is 10.0 Å². The van der Waals surface area contributed by atoms with E-state index in [1.807, 2.05) is 6.07 Å². The number of anilines is 1. The number of carbonyl (C=O) groups is 1. The van der Waals surface area contributed by atoms with Crippen LogP contribution in [0.1, 0.15) is 25.7 Å². The summed E-state index contributed by atoms with van der Waals surface area (Å²) < 4.78 is 0. The van der Waals surface area contributed by atoms with Gasteiger partial charge in [0, 0.05) is 25.2 Å². The van der Waals surface area contributed by atoms with Crippen LogP contribution in [0.2, 0.25) is 0 Å². The molecule has 0 saturated carbocycles. The van der Waals surface area contributed by atoms with E-state index in [1.165, 1.54) is 5.69 Å². The van der Waals surface area contributed by atoms with Gasteiger partial charge in [-0.05, 0) is 37.3 Å². The molecule has 1 aliphatic rings. The van der Waals surface area contributed by atoms with Gasteiger partial charge in [-0.3, -0.25) is 4.79 Å². The molecule has 1 N–H and O–H groups in total. The first-order valence-electron chi connectivity index (χ1n) is 6.27. The van der Waals surface area contributed by atoms with E-state index in [0.717, 1.165) is 32.4 Å². The van der Waals surface area contributed by atoms with Crippen LogP contribution in [-0.4, -0.2) is 24.2 Å². The number of benzene rings is 1. The maximum Gasteiger partial charge on any atom is 0.303 e. The molecule has 3 nitrogen and oxygen atoms in total. The zero-order valence-corrected chi connectivity index (χ0v) is 10.0. The van der Waals surface area contributed by atoms with Crippen molar-refractivity contribution in [2.24, 2.45) is 5.92 Å². The molecule has 1 aromatic rings. The molecule has 3 heteroatoms. The zero-order chi connectivity index (χ0) is 12.1. The summed E-state index contributed by atoms with van der Waals surface area (Å²) in [5, 5.41) is 8.66. The molecule has 1 fully saturated rings. The fourth-order valence-electron chi connectivity index (χ4n) is 2.45. The average molecular weight is 233 g/mol. The van der Waals surface area contributed by atoms with Gasteiger partial charge in [0.15, 0.2) is 0 Å². The molecule has 0 bridgehead atoms. The smallest absolute Gasteiger partial charge is 0.303 e. The zero-order valence-electron chi connectivity index (χ0n) is 10.0. The lowest BCUT2D eigenvalue weighted by Crippen LogP contribution is -2.33. The van der Waals surface area contributed by atoms with Crippen LogP contribution in [0.4, 0.5) is 5.69 Å². The Kier molecular flexibility index (Phi) is 4.02. The van der Waals surface area contributed by atoms with Crippen molar-refractivity contribution in [1.82, 2.24) is 0 Å². The lowest BCUT2D eigenvalue weighted by molar-refractivity contribution is -0.137. The van der Waals surface area contributed by atoms with Crippen LogP contribution in [0.3, 0.4) is 0 Å². The first-order chi connectivity index (χ1) is 8.25.